The Bertz CT molecular complexity index is 648. The summed E-state index contributed by atoms with van der Waals surface area (Å²) in [5.41, 5.74) is 0.875. The van der Waals surface area contributed by atoms with Crippen molar-refractivity contribution >= 4 is 21.7 Å². The summed E-state index contributed by atoms with van der Waals surface area (Å²) in [5, 5.41) is 6.90. The third-order valence-corrected chi connectivity index (χ3v) is 3.83. The Morgan fingerprint density at radius 2 is 1.95 bits per heavy atom. The van der Waals surface area contributed by atoms with Crippen molar-refractivity contribution < 1.29 is 8.42 Å². The number of aromatic nitrogens is 3. The van der Waals surface area contributed by atoms with Crippen molar-refractivity contribution in [3.05, 3.63) is 30.6 Å². The van der Waals surface area contributed by atoms with Gasteiger partial charge >= 0.3 is 0 Å². The Hall–Kier alpha value is -2.09. The van der Waals surface area contributed by atoms with Gasteiger partial charge in [0.15, 0.2) is 0 Å². The Morgan fingerprint density at radius 1 is 1.26 bits per heavy atom. The molecule has 0 fully saturated rings. The molecule has 0 aliphatic rings. The van der Waals surface area contributed by atoms with Crippen LogP contribution in [0.2, 0.25) is 0 Å². The van der Waals surface area contributed by atoms with Gasteiger partial charge in [0.2, 0.25) is 5.95 Å². The van der Waals surface area contributed by atoms with Gasteiger partial charge in [-0.1, -0.05) is 0 Å². The minimum Gasteiger partial charge on any atom is -0.385 e. The van der Waals surface area contributed by atoms with Gasteiger partial charge in [-0.2, -0.15) is 10.1 Å². The zero-order valence-electron chi connectivity index (χ0n) is 10.7. The molecule has 0 saturated heterocycles. The molecule has 102 valence electrons. The van der Waals surface area contributed by atoms with Crippen LogP contribution in [0.3, 0.4) is 0 Å². The molecule has 1 aromatic carbocycles. The van der Waals surface area contributed by atoms with E-state index in [2.05, 4.69) is 20.1 Å². The maximum absolute atomic E-state index is 12.1. The molecule has 0 aliphatic heterocycles. The van der Waals surface area contributed by atoms with Crippen LogP contribution in [0.4, 0.5) is 11.6 Å². The number of benzene rings is 1. The highest BCUT2D eigenvalue weighted by molar-refractivity contribution is 7.92. The van der Waals surface area contributed by atoms with Crippen LogP contribution < -0.4 is 10.0 Å². The standard InChI is InChI=1S/C11H15N5O2S/c1-3-12-9-4-6-10(7-5-9)19(17,18)15-11-13-8-14-16(11)2/h4-8,12H,3H2,1-2H3,(H,13,14,15). The van der Waals surface area contributed by atoms with Crippen molar-refractivity contribution in [3.63, 3.8) is 0 Å². The number of hydrogen-bond acceptors (Lipinski definition) is 5. The highest BCUT2D eigenvalue weighted by Crippen LogP contribution is 2.16. The zero-order valence-corrected chi connectivity index (χ0v) is 11.5. The Balaban J connectivity index is 2.22. The Kier molecular flexibility index (Phi) is 3.70. The SMILES string of the molecule is CCNc1ccc(S(=O)(=O)Nc2ncnn2C)cc1. The second-order valence-electron chi connectivity index (χ2n) is 3.87. The van der Waals surface area contributed by atoms with E-state index in [1.54, 1.807) is 19.2 Å². The largest absolute Gasteiger partial charge is 0.385 e. The molecule has 0 spiro atoms. The fourth-order valence-electron chi connectivity index (χ4n) is 1.52. The fourth-order valence-corrected chi connectivity index (χ4v) is 2.56. The van der Waals surface area contributed by atoms with Gasteiger partial charge in [-0.25, -0.2) is 17.8 Å². The molecule has 2 rings (SSSR count). The summed E-state index contributed by atoms with van der Waals surface area (Å²) in [6.07, 6.45) is 1.28. The van der Waals surface area contributed by atoms with Crippen molar-refractivity contribution in [1.29, 1.82) is 0 Å². The topological polar surface area (TPSA) is 88.9 Å². The molecule has 1 heterocycles. The molecule has 0 aliphatic carbocycles. The average Bonchev–Trinajstić information content (AvgIpc) is 2.75. The predicted octanol–water partition coefficient (Wildman–Crippen LogP) is 1.05. The summed E-state index contributed by atoms with van der Waals surface area (Å²) in [6.45, 7) is 2.75. The zero-order chi connectivity index (χ0) is 13.9. The third kappa shape index (κ3) is 3.02. The number of nitrogens with one attached hydrogen (secondary N) is 2. The van der Waals surface area contributed by atoms with Gasteiger partial charge in [0.25, 0.3) is 10.0 Å². The van der Waals surface area contributed by atoms with E-state index in [1.165, 1.54) is 23.1 Å². The average molecular weight is 281 g/mol. The van der Waals surface area contributed by atoms with Gasteiger partial charge in [0, 0.05) is 19.3 Å². The predicted molar refractivity (Wildman–Crippen MR) is 72.4 cm³/mol. The molecule has 7 nitrogen and oxygen atoms in total. The van der Waals surface area contributed by atoms with E-state index in [1.807, 2.05) is 6.92 Å². The Morgan fingerprint density at radius 3 is 2.47 bits per heavy atom. The molecule has 0 unspecified atom stereocenters. The summed E-state index contributed by atoms with van der Waals surface area (Å²) in [5.74, 6) is 0.177. The number of rotatable bonds is 5. The molecule has 2 N–H and O–H groups in total. The van der Waals surface area contributed by atoms with Crippen molar-refractivity contribution in [1.82, 2.24) is 14.8 Å². The summed E-state index contributed by atoms with van der Waals surface area (Å²) in [6, 6.07) is 6.51. The smallest absolute Gasteiger partial charge is 0.264 e. The van der Waals surface area contributed by atoms with E-state index in [-0.39, 0.29) is 10.8 Å². The molecule has 0 saturated carbocycles. The number of hydrogen-bond donors (Lipinski definition) is 2. The van der Waals surface area contributed by atoms with Gasteiger partial charge in [-0.3, -0.25) is 0 Å². The molecule has 0 radical (unpaired) electrons. The van der Waals surface area contributed by atoms with Crippen LogP contribution in [0, 0.1) is 0 Å². The van der Waals surface area contributed by atoms with Crippen molar-refractivity contribution in [2.45, 2.75) is 11.8 Å². The number of anilines is 2. The molecule has 0 amide bonds. The lowest BCUT2D eigenvalue weighted by molar-refractivity contribution is 0.600. The normalized spacial score (nSPS) is 11.3. The first kappa shape index (κ1) is 13.3. The first-order valence-electron chi connectivity index (χ1n) is 5.73. The molecule has 19 heavy (non-hydrogen) atoms. The van der Waals surface area contributed by atoms with Gasteiger partial charge in [0.1, 0.15) is 6.33 Å². The number of nitrogens with zero attached hydrogens (tertiary/aromatic N) is 3. The molecule has 0 atom stereocenters. The van der Waals surface area contributed by atoms with Gasteiger partial charge in [-0.15, -0.1) is 0 Å². The van der Waals surface area contributed by atoms with E-state index < -0.39 is 10.0 Å². The van der Waals surface area contributed by atoms with Crippen LogP contribution in [0.25, 0.3) is 0 Å². The lowest BCUT2D eigenvalue weighted by atomic mass is 10.3. The van der Waals surface area contributed by atoms with Gasteiger partial charge in [0.05, 0.1) is 4.90 Å². The summed E-state index contributed by atoms with van der Waals surface area (Å²) < 4.78 is 27.9. The fraction of sp³-hybridized carbons (Fsp3) is 0.273. The number of sulfonamides is 1. The Labute approximate surface area is 111 Å². The van der Waals surface area contributed by atoms with E-state index in [9.17, 15) is 8.42 Å². The molecule has 8 heteroatoms. The van der Waals surface area contributed by atoms with Crippen LogP contribution in [0.5, 0.6) is 0 Å². The van der Waals surface area contributed by atoms with E-state index in [4.69, 9.17) is 0 Å². The lowest BCUT2D eigenvalue weighted by Crippen LogP contribution is -2.16. The summed E-state index contributed by atoms with van der Waals surface area (Å²) in [4.78, 5) is 4.00. The maximum atomic E-state index is 12.1. The quantitative estimate of drug-likeness (QED) is 0.855. The van der Waals surface area contributed by atoms with E-state index in [0.717, 1.165) is 12.2 Å². The van der Waals surface area contributed by atoms with Gasteiger partial charge < -0.3 is 5.32 Å². The lowest BCUT2D eigenvalue weighted by Gasteiger charge is -2.08. The monoisotopic (exact) mass is 281 g/mol. The minimum atomic E-state index is -3.64. The summed E-state index contributed by atoms with van der Waals surface area (Å²) in [7, 11) is -2.03. The highest BCUT2D eigenvalue weighted by atomic mass is 32.2. The molecule has 1 aromatic heterocycles. The van der Waals surface area contributed by atoms with Crippen LogP contribution >= 0.6 is 0 Å². The highest BCUT2D eigenvalue weighted by Gasteiger charge is 2.16. The molecular weight excluding hydrogens is 266 g/mol. The third-order valence-electron chi connectivity index (χ3n) is 2.48. The van der Waals surface area contributed by atoms with Crippen molar-refractivity contribution in [2.75, 3.05) is 16.6 Å². The van der Waals surface area contributed by atoms with Crippen LogP contribution in [0.1, 0.15) is 6.92 Å². The molecule has 2 aromatic rings. The number of aryl methyl sites for hydroxylation is 1. The van der Waals surface area contributed by atoms with Crippen molar-refractivity contribution in [2.24, 2.45) is 7.05 Å². The maximum Gasteiger partial charge on any atom is 0.264 e. The molecule has 0 bridgehead atoms. The first-order chi connectivity index (χ1) is 9.03. The van der Waals surface area contributed by atoms with Crippen molar-refractivity contribution in [3.8, 4) is 0 Å². The summed E-state index contributed by atoms with van der Waals surface area (Å²) >= 11 is 0. The van der Waals surface area contributed by atoms with Crippen LogP contribution in [0.15, 0.2) is 35.5 Å². The van der Waals surface area contributed by atoms with Crippen LogP contribution in [-0.4, -0.2) is 29.7 Å². The minimum absolute atomic E-state index is 0.177. The second kappa shape index (κ2) is 5.27. The van der Waals surface area contributed by atoms with E-state index >= 15 is 0 Å². The second-order valence-corrected chi connectivity index (χ2v) is 5.55. The first-order valence-corrected chi connectivity index (χ1v) is 7.22. The van der Waals surface area contributed by atoms with E-state index in [0.29, 0.717) is 0 Å². The van der Waals surface area contributed by atoms with Gasteiger partial charge in [-0.05, 0) is 31.2 Å². The van der Waals surface area contributed by atoms with Crippen LogP contribution in [-0.2, 0) is 17.1 Å². The molecular formula is C11H15N5O2S.